The zero-order chi connectivity index (χ0) is 18.0. The number of hydrogen-bond acceptors (Lipinski definition) is 5. The van der Waals surface area contributed by atoms with Crippen LogP contribution in [0.3, 0.4) is 0 Å². The number of aromatic nitrogens is 2. The van der Waals surface area contributed by atoms with E-state index in [0.717, 1.165) is 23.3 Å². The van der Waals surface area contributed by atoms with E-state index in [9.17, 15) is 18.0 Å². The largest absolute Gasteiger partial charge is 0.416 e. The Morgan fingerprint density at radius 1 is 1.12 bits per heavy atom. The number of rotatable bonds is 3. The van der Waals surface area contributed by atoms with Crippen molar-refractivity contribution in [3.05, 3.63) is 47.2 Å². The van der Waals surface area contributed by atoms with Gasteiger partial charge in [-0.05, 0) is 17.7 Å². The molecular formula is C17H17F3N4O. The van der Waals surface area contributed by atoms with Gasteiger partial charge in [0, 0.05) is 44.1 Å². The molecule has 3 rings (SSSR count). The van der Waals surface area contributed by atoms with E-state index in [1.54, 1.807) is 6.20 Å². The van der Waals surface area contributed by atoms with Crippen molar-refractivity contribution in [3.63, 3.8) is 0 Å². The fourth-order valence-electron chi connectivity index (χ4n) is 2.81. The summed E-state index contributed by atoms with van der Waals surface area (Å²) < 4.78 is 38.0. The van der Waals surface area contributed by atoms with Gasteiger partial charge in [0.1, 0.15) is 11.6 Å². The smallest absolute Gasteiger partial charge is 0.368 e. The minimum atomic E-state index is -4.35. The number of halogens is 3. The van der Waals surface area contributed by atoms with Crippen LogP contribution in [0.25, 0.3) is 0 Å². The first-order valence-electron chi connectivity index (χ1n) is 7.87. The second-order valence-electron chi connectivity index (χ2n) is 5.97. The maximum atomic E-state index is 12.7. The summed E-state index contributed by atoms with van der Waals surface area (Å²) >= 11 is 0. The lowest BCUT2D eigenvalue weighted by Crippen LogP contribution is -2.35. The van der Waals surface area contributed by atoms with E-state index in [4.69, 9.17) is 5.73 Å². The molecule has 25 heavy (non-hydrogen) atoms. The third-order valence-corrected chi connectivity index (χ3v) is 4.16. The number of Topliss-reactive ketones (excluding diaryl/α,β-unsaturated/α-hetero) is 1. The van der Waals surface area contributed by atoms with Gasteiger partial charge < -0.3 is 10.6 Å². The van der Waals surface area contributed by atoms with E-state index in [2.05, 4.69) is 9.97 Å². The zero-order valence-electron chi connectivity index (χ0n) is 13.4. The topological polar surface area (TPSA) is 72.1 Å². The number of nitrogens with two attached hydrogens (primary N) is 1. The van der Waals surface area contributed by atoms with Crippen LogP contribution in [0.1, 0.15) is 29.5 Å². The van der Waals surface area contributed by atoms with Crippen molar-refractivity contribution in [1.82, 2.24) is 9.97 Å². The number of anilines is 2. The first-order valence-corrected chi connectivity index (χ1v) is 7.87. The molecule has 0 spiro atoms. The number of nitrogens with zero attached hydrogens (tertiary/aromatic N) is 3. The minimum Gasteiger partial charge on any atom is -0.368 e. The molecule has 0 atom stereocenters. The van der Waals surface area contributed by atoms with E-state index < -0.39 is 11.7 Å². The summed E-state index contributed by atoms with van der Waals surface area (Å²) in [6, 6.07) is 5.02. The average molecular weight is 350 g/mol. The van der Waals surface area contributed by atoms with Crippen molar-refractivity contribution in [1.29, 1.82) is 0 Å². The highest BCUT2D eigenvalue weighted by atomic mass is 19.4. The lowest BCUT2D eigenvalue weighted by molar-refractivity contribution is -0.137. The van der Waals surface area contributed by atoms with Gasteiger partial charge in [-0.15, -0.1) is 0 Å². The Morgan fingerprint density at radius 3 is 2.36 bits per heavy atom. The SMILES string of the molecule is Nc1ncc(Cc2ccc(C(F)(F)F)cc2)c(N2CCC(=O)CC2)n1. The third kappa shape index (κ3) is 4.07. The number of carbonyl (C=O) groups excluding carboxylic acids is 1. The highest BCUT2D eigenvalue weighted by Crippen LogP contribution is 2.30. The van der Waals surface area contributed by atoms with Crippen molar-refractivity contribution < 1.29 is 18.0 Å². The summed E-state index contributed by atoms with van der Waals surface area (Å²) in [6.45, 7) is 1.10. The molecule has 0 unspecified atom stereocenters. The molecule has 2 heterocycles. The maximum absolute atomic E-state index is 12.7. The fraction of sp³-hybridized carbons (Fsp3) is 0.353. The quantitative estimate of drug-likeness (QED) is 0.922. The normalized spacial score (nSPS) is 15.5. The number of hydrogen-bond donors (Lipinski definition) is 1. The molecule has 132 valence electrons. The van der Waals surface area contributed by atoms with Crippen LogP contribution in [-0.4, -0.2) is 28.8 Å². The Morgan fingerprint density at radius 2 is 1.76 bits per heavy atom. The maximum Gasteiger partial charge on any atom is 0.416 e. The van der Waals surface area contributed by atoms with Crippen LogP contribution >= 0.6 is 0 Å². The van der Waals surface area contributed by atoms with Gasteiger partial charge in [0.15, 0.2) is 0 Å². The summed E-state index contributed by atoms with van der Waals surface area (Å²) in [5.41, 5.74) is 6.49. The van der Waals surface area contributed by atoms with Crippen LogP contribution in [0.15, 0.2) is 30.5 Å². The van der Waals surface area contributed by atoms with Crippen molar-refractivity contribution >= 4 is 17.5 Å². The first-order chi connectivity index (χ1) is 11.8. The molecule has 1 aliphatic heterocycles. The number of benzene rings is 1. The van der Waals surface area contributed by atoms with Gasteiger partial charge in [0.05, 0.1) is 5.56 Å². The Labute approximate surface area is 142 Å². The highest BCUT2D eigenvalue weighted by molar-refractivity contribution is 5.81. The van der Waals surface area contributed by atoms with E-state index in [1.807, 2.05) is 4.90 Å². The van der Waals surface area contributed by atoms with Crippen molar-refractivity contribution in [3.8, 4) is 0 Å². The van der Waals surface area contributed by atoms with Crippen LogP contribution in [0.4, 0.5) is 24.9 Å². The number of carbonyl (C=O) groups is 1. The molecule has 1 aliphatic rings. The molecule has 2 aromatic rings. The van der Waals surface area contributed by atoms with Gasteiger partial charge in [0.2, 0.25) is 5.95 Å². The van der Waals surface area contributed by atoms with Gasteiger partial charge in [-0.3, -0.25) is 4.79 Å². The van der Waals surface area contributed by atoms with E-state index in [1.165, 1.54) is 12.1 Å². The molecule has 2 N–H and O–H groups in total. The predicted octanol–water partition coefficient (Wildman–Crippen LogP) is 2.84. The van der Waals surface area contributed by atoms with Gasteiger partial charge >= 0.3 is 6.18 Å². The van der Waals surface area contributed by atoms with Crippen LogP contribution < -0.4 is 10.6 Å². The standard InChI is InChI=1S/C17H17F3N4O/c18-17(19,20)13-3-1-11(2-4-13)9-12-10-22-16(21)23-15(12)24-7-5-14(25)6-8-24/h1-4,10H,5-9H2,(H2,21,22,23). The Hall–Kier alpha value is -2.64. The Balaban J connectivity index is 1.84. The van der Waals surface area contributed by atoms with Crippen LogP contribution in [0, 0.1) is 0 Å². The molecule has 5 nitrogen and oxygen atoms in total. The molecule has 1 aromatic carbocycles. The minimum absolute atomic E-state index is 0.128. The Bertz CT molecular complexity index is 764. The van der Waals surface area contributed by atoms with Crippen molar-refractivity contribution in [2.75, 3.05) is 23.7 Å². The molecule has 0 bridgehead atoms. The molecule has 0 radical (unpaired) electrons. The average Bonchev–Trinajstić information content (AvgIpc) is 2.57. The molecule has 1 saturated heterocycles. The lowest BCUT2D eigenvalue weighted by Gasteiger charge is -2.28. The summed E-state index contributed by atoms with van der Waals surface area (Å²) in [4.78, 5) is 21.7. The zero-order valence-corrected chi connectivity index (χ0v) is 13.4. The summed E-state index contributed by atoms with van der Waals surface area (Å²) in [5.74, 6) is 0.977. The monoisotopic (exact) mass is 350 g/mol. The number of alkyl halides is 3. The lowest BCUT2D eigenvalue weighted by atomic mass is 10.0. The summed E-state index contributed by atoms with van der Waals surface area (Å²) in [6.07, 6.45) is -1.48. The molecular weight excluding hydrogens is 333 g/mol. The van der Waals surface area contributed by atoms with Gasteiger partial charge in [-0.2, -0.15) is 18.2 Å². The third-order valence-electron chi connectivity index (χ3n) is 4.16. The number of nitrogen functional groups attached to an aromatic ring is 1. The Kier molecular flexibility index (Phi) is 4.61. The molecule has 0 amide bonds. The molecule has 1 aromatic heterocycles. The van der Waals surface area contributed by atoms with E-state index in [0.29, 0.717) is 38.2 Å². The summed E-state index contributed by atoms with van der Waals surface area (Å²) in [5, 5.41) is 0. The van der Waals surface area contributed by atoms with Crippen molar-refractivity contribution in [2.45, 2.75) is 25.4 Å². The highest BCUT2D eigenvalue weighted by Gasteiger charge is 2.30. The fourth-order valence-corrected chi connectivity index (χ4v) is 2.81. The molecule has 1 fully saturated rings. The molecule has 8 heteroatoms. The first kappa shape index (κ1) is 17.2. The second-order valence-corrected chi connectivity index (χ2v) is 5.97. The van der Waals surface area contributed by atoms with Gasteiger partial charge in [-0.1, -0.05) is 12.1 Å². The number of ketones is 1. The molecule has 0 saturated carbocycles. The van der Waals surface area contributed by atoms with Gasteiger partial charge in [-0.25, -0.2) is 4.98 Å². The number of piperidine rings is 1. The van der Waals surface area contributed by atoms with E-state index in [-0.39, 0.29) is 11.7 Å². The predicted molar refractivity (Wildman–Crippen MR) is 87.1 cm³/mol. The van der Waals surface area contributed by atoms with Crippen LogP contribution in [0.5, 0.6) is 0 Å². The summed E-state index contributed by atoms with van der Waals surface area (Å²) in [7, 11) is 0. The van der Waals surface area contributed by atoms with Crippen LogP contribution in [-0.2, 0) is 17.4 Å². The van der Waals surface area contributed by atoms with Crippen LogP contribution in [0.2, 0.25) is 0 Å². The molecule has 0 aliphatic carbocycles. The second kappa shape index (κ2) is 6.70. The van der Waals surface area contributed by atoms with E-state index >= 15 is 0 Å². The van der Waals surface area contributed by atoms with Gasteiger partial charge in [0.25, 0.3) is 0 Å². The van der Waals surface area contributed by atoms with Crippen molar-refractivity contribution in [2.24, 2.45) is 0 Å².